The minimum absolute atomic E-state index is 0.113. The van der Waals surface area contributed by atoms with Crippen molar-refractivity contribution in [2.45, 2.75) is 51.9 Å². The van der Waals surface area contributed by atoms with Crippen LogP contribution < -0.4 is 4.72 Å². The van der Waals surface area contributed by atoms with E-state index in [-0.39, 0.29) is 17.3 Å². The van der Waals surface area contributed by atoms with Crippen LogP contribution in [0.25, 0.3) is 0 Å². The molecule has 4 heteroatoms. The molecule has 0 aliphatic rings. The number of hydrogen-bond acceptors (Lipinski definition) is 4. The van der Waals surface area contributed by atoms with Crippen LogP contribution in [0, 0.1) is 0 Å². The molecule has 0 aromatic rings. The highest BCUT2D eigenvalue weighted by Crippen LogP contribution is 2.19. The van der Waals surface area contributed by atoms with Gasteiger partial charge in [-0.15, -0.1) is 0 Å². The molecule has 0 bridgehead atoms. The van der Waals surface area contributed by atoms with E-state index in [1.165, 1.54) is 11.9 Å². The summed E-state index contributed by atoms with van der Waals surface area (Å²) in [6, 6.07) is 0. The minimum Gasteiger partial charge on any atom is -0.459 e. The lowest BCUT2D eigenvalue weighted by Crippen LogP contribution is -2.30. The van der Waals surface area contributed by atoms with Crippen molar-refractivity contribution in [3.05, 3.63) is 0 Å². The van der Waals surface area contributed by atoms with Gasteiger partial charge in [0.15, 0.2) is 0 Å². The van der Waals surface area contributed by atoms with Gasteiger partial charge in [-0.3, -0.25) is 9.52 Å². The number of carbonyl (C=O) groups excluding carboxylic acids is 1. The molecule has 0 aliphatic heterocycles. The van der Waals surface area contributed by atoms with Gasteiger partial charge in [-0.1, -0.05) is 11.9 Å². The lowest BCUT2D eigenvalue weighted by molar-refractivity contribution is -0.153. The quantitative estimate of drug-likeness (QED) is 0.584. The molecule has 0 aromatic heterocycles. The Hall–Kier alpha value is -0.220. The van der Waals surface area contributed by atoms with Gasteiger partial charge < -0.3 is 4.74 Å². The fraction of sp³-hybridized carbons (Fsp3) is 0.900. The van der Waals surface area contributed by atoms with Gasteiger partial charge in [0.25, 0.3) is 0 Å². The highest BCUT2D eigenvalue weighted by molar-refractivity contribution is 7.98. The lowest BCUT2D eigenvalue weighted by Gasteiger charge is -2.21. The molecule has 0 heterocycles. The molecule has 3 nitrogen and oxygen atoms in total. The van der Waals surface area contributed by atoms with Gasteiger partial charge in [0, 0.05) is 4.75 Å². The summed E-state index contributed by atoms with van der Waals surface area (Å²) in [5.74, 6) is -0.214. The van der Waals surface area contributed by atoms with E-state index < -0.39 is 5.60 Å². The Kier molecular flexibility index (Phi) is 4.95. The van der Waals surface area contributed by atoms with Crippen molar-refractivity contribution in [3.63, 3.8) is 0 Å². The molecular weight excluding hydrogens is 198 g/mol. The Morgan fingerprint density at radius 3 is 2.07 bits per heavy atom. The first kappa shape index (κ1) is 13.8. The lowest BCUT2D eigenvalue weighted by atomic mass is 10.2. The summed E-state index contributed by atoms with van der Waals surface area (Å²) in [6.07, 6.45) is 0. The van der Waals surface area contributed by atoms with Crippen LogP contribution in [-0.4, -0.2) is 22.9 Å². The topological polar surface area (TPSA) is 38.3 Å². The third kappa shape index (κ3) is 9.86. The Morgan fingerprint density at radius 1 is 1.21 bits per heavy atom. The van der Waals surface area contributed by atoms with E-state index in [9.17, 15) is 4.79 Å². The molecule has 14 heavy (non-hydrogen) atoms. The van der Waals surface area contributed by atoms with Crippen molar-refractivity contribution in [2.75, 3.05) is 6.54 Å². The highest BCUT2D eigenvalue weighted by Gasteiger charge is 2.17. The number of hydrogen-bond donors (Lipinski definition) is 1. The van der Waals surface area contributed by atoms with E-state index in [0.29, 0.717) is 0 Å². The fourth-order valence-corrected chi connectivity index (χ4v) is 1.31. The van der Waals surface area contributed by atoms with Crippen LogP contribution in [0.5, 0.6) is 0 Å². The maximum atomic E-state index is 11.2. The number of rotatable bonds is 3. The average molecular weight is 219 g/mol. The SMILES string of the molecule is CC(C)(C)OC(=O)CNSC(C)(C)C. The van der Waals surface area contributed by atoms with E-state index in [4.69, 9.17) is 4.74 Å². The summed E-state index contributed by atoms with van der Waals surface area (Å²) >= 11 is 1.54. The summed E-state index contributed by atoms with van der Waals surface area (Å²) in [6.45, 7) is 12.1. The zero-order valence-corrected chi connectivity index (χ0v) is 10.7. The number of ether oxygens (including phenoxy) is 1. The van der Waals surface area contributed by atoms with E-state index in [0.717, 1.165) is 0 Å². The number of carbonyl (C=O) groups is 1. The van der Waals surface area contributed by atoms with E-state index in [1.54, 1.807) is 0 Å². The van der Waals surface area contributed by atoms with E-state index in [1.807, 2.05) is 20.8 Å². The first-order chi connectivity index (χ1) is 6.10. The second-order valence-corrected chi connectivity index (χ2v) is 6.84. The van der Waals surface area contributed by atoms with Gasteiger partial charge in [0.05, 0.1) is 0 Å². The van der Waals surface area contributed by atoms with Crippen LogP contribution in [0.4, 0.5) is 0 Å². The van der Waals surface area contributed by atoms with E-state index in [2.05, 4.69) is 25.5 Å². The molecule has 0 saturated heterocycles. The third-order valence-electron chi connectivity index (χ3n) is 1.01. The van der Waals surface area contributed by atoms with Gasteiger partial charge >= 0.3 is 5.97 Å². The zero-order valence-electron chi connectivity index (χ0n) is 9.93. The van der Waals surface area contributed by atoms with Crippen molar-refractivity contribution in [2.24, 2.45) is 0 Å². The molecule has 1 N–H and O–H groups in total. The predicted molar refractivity (Wildman–Crippen MR) is 61.2 cm³/mol. The first-order valence-electron chi connectivity index (χ1n) is 4.73. The molecule has 0 atom stereocenters. The van der Waals surface area contributed by atoms with Gasteiger partial charge in [0.1, 0.15) is 12.1 Å². The van der Waals surface area contributed by atoms with Crippen LogP contribution in [0.15, 0.2) is 0 Å². The Balaban J connectivity index is 3.66. The fourth-order valence-electron chi connectivity index (χ4n) is 0.689. The largest absolute Gasteiger partial charge is 0.459 e. The van der Waals surface area contributed by atoms with Crippen molar-refractivity contribution >= 4 is 17.9 Å². The number of nitrogens with one attached hydrogen (secondary N) is 1. The van der Waals surface area contributed by atoms with Gasteiger partial charge in [0.2, 0.25) is 0 Å². The molecule has 0 radical (unpaired) electrons. The summed E-state index contributed by atoms with van der Waals surface area (Å²) < 4.78 is 8.24. The molecule has 0 unspecified atom stereocenters. The maximum absolute atomic E-state index is 11.2. The predicted octanol–water partition coefficient (Wildman–Crippen LogP) is 2.36. The molecule has 0 rings (SSSR count). The molecular formula is C10H21NO2S. The van der Waals surface area contributed by atoms with Crippen LogP contribution in [0.1, 0.15) is 41.5 Å². The third-order valence-corrected chi connectivity index (χ3v) is 1.92. The molecule has 0 amide bonds. The summed E-state index contributed by atoms with van der Waals surface area (Å²) in [7, 11) is 0. The van der Waals surface area contributed by atoms with Crippen molar-refractivity contribution in [3.8, 4) is 0 Å². The van der Waals surface area contributed by atoms with Gasteiger partial charge in [-0.05, 0) is 41.5 Å². The van der Waals surface area contributed by atoms with Gasteiger partial charge in [-0.25, -0.2) is 0 Å². The summed E-state index contributed by atoms with van der Waals surface area (Å²) in [5, 5.41) is 0. The molecule has 0 fully saturated rings. The molecule has 0 aliphatic carbocycles. The Bertz CT molecular complexity index is 191. The molecule has 0 aromatic carbocycles. The van der Waals surface area contributed by atoms with Crippen molar-refractivity contribution < 1.29 is 9.53 Å². The number of esters is 1. The van der Waals surface area contributed by atoms with Crippen molar-refractivity contribution in [1.29, 1.82) is 0 Å². The second-order valence-electron chi connectivity index (χ2n) is 5.12. The normalized spacial score (nSPS) is 12.7. The Morgan fingerprint density at radius 2 is 1.71 bits per heavy atom. The van der Waals surface area contributed by atoms with Crippen LogP contribution in [-0.2, 0) is 9.53 Å². The molecule has 0 spiro atoms. The average Bonchev–Trinajstić information content (AvgIpc) is 1.78. The smallest absolute Gasteiger partial charge is 0.321 e. The minimum atomic E-state index is -0.398. The van der Waals surface area contributed by atoms with E-state index >= 15 is 0 Å². The maximum Gasteiger partial charge on any atom is 0.321 e. The van der Waals surface area contributed by atoms with Crippen LogP contribution in [0.2, 0.25) is 0 Å². The Labute approximate surface area is 91.1 Å². The second kappa shape index (κ2) is 5.03. The van der Waals surface area contributed by atoms with Crippen molar-refractivity contribution in [1.82, 2.24) is 4.72 Å². The summed E-state index contributed by atoms with van der Waals surface area (Å²) in [5.41, 5.74) is -0.398. The monoisotopic (exact) mass is 219 g/mol. The summed E-state index contributed by atoms with van der Waals surface area (Å²) in [4.78, 5) is 11.2. The highest BCUT2D eigenvalue weighted by atomic mass is 32.2. The molecule has 0 saturated carbocycles. The van der Waals surface area contributed by atoms with Crippen LogP contribution >= 0.6 is 11.9 Å². The standard InChI is InChI=1S/C10H21NO2S/c1-9(2,3)13-8(12)7-11-14-10(4,5)6/h11H,7H2,1-6H3. The first-order valence-corrected chi connectivity index (χ1v) is 5.54. The molecule has 84 valence electrons. The zero-order chi connectivity index (χ0) is 11.4. The van der Waals surface area contributed by atoms with Crippen LogP contribution in [0.3, 0.4) is 0 Å². The van der Waals surface area contributed by atoms with Gasteiger partial charge in [-0.2, -0.15) is 0 Å².